The first-order chi connectivity index (χ1) is 9.06. The van der Waals surface area contributed by atoms with Crippen molar-refractivity contribution < 1.29 is 4.79 Å². The summed E-state index contributed by atoms with van der Waals surface area (Å²) in [6, 6.07) is 6.31. The highest BCUT2D eigenvalue weighted by Crippen LogP contribution is 2.22. The zero-order valence-corrected chi connectivity index (χ0v) is 11.9. The van der Waals surface area contributed by atoms with Gasteiger partial charge in [-0.15, -0.1) is 0 Å². The summed E-state index contributed by atoms with van der Waals surface area (Å²) in [4.78, 5) is 12.2. The van der Waals surface area contributed by atoms with E-state index in [1.807, 2.05) is 32.0 Å². The highest BCUT2D eigenvalue weighted by molar-refractivity contribution is 5.95. The van der Waals surface area contributed by atoms with Gasteiger partial charge in [-0.05, 0) is 50.7 Å². The van der Waals surface area contributed by atoms with Gasteiger partial charge < -0.3 is 11.1 Å². The Morgan fingerprint density at radius 1 is 1.37 bits per heavy atom. The molecule has 1 aromatic carbocycles. The van der Waals surface area contributed by atoms with Crippen molar-refractivity contribution in [1.29, 1.82) is 0 Å². The zero-order valence-electron chi connectivity index (χ0n) is 11.9. The largest absolute Gasteiger partial charge is 0.352 e. The van der Waals surface area contributed by atoms with Crippen LogP contribution in [0.1, 0.15) is 47.2 Å². The molecular weight excluding hydrogens is 236 g/mol. The maximum atomic E-state index is 12.2. The van der Waals surface area contributed by atoms with Crippen LogP contribution in [-0.4, -0.2) is 18.5 Å². The number of amides is 1. The van der Waals surface area contributed by atoms with Gasteiger partial charge in [-0.25, -0.2) is 0 Å². The SMILES string of the molecule is Cc1ccc(C)c(C(=O)NCC2CCCC(N)C2)c1. The predicted octanol–water partition coefficient (Wildman–Crippen LogP) is 2.55. The topological polar surface area (TPSA) is 55.1 Å². The number of rotatable bonds is 3. The minimum Gasteiger partial charge on any atom is -0.352 e. The quantitative estimate of drug-likeness (QED) is 0.877. The van der Waals surface area contributed by atoms with E-state index in [4.69, 9.17) is 5.73 Å². The number of hydrogen-bond donors (Lipinski definition) is 2. The number of benzene rings is 1. The number of hydrogen-bond acceptors (Lipinski definition) is 2. The van der Waals surface area contributed by atoms with E-state index in [0.717, 1.165) is 36.1 Å². The number of carbonyl (C=O) groups excluding carboxylic acids is 1. The van der Waals surface area contributed by atoms with Crippen LogP contribution in [0.2, 0.25) is 0 Å². The molecule has 0 spiro atoms. The smallest absolute Gasteiger partial charge is 0.251 e. The van der Waals surface area contributed by atoms with Crippen molar-refractivity contribution in [2.24, 2.45) is 11.7 Å². The molecule has 2 rings (SSSR count). The number of carbonyl (C=O) groups is 1. The fourth-order valence-corrected chi connectivity index (χ4v) is 2.83. The molecule has 0 radical (unpaired) electrons. The number of nitrogens with one attached hydrogen (secondary N) is 1. The van der Waals surface area contributed by atoms with E-state index >= 15 is 0 Å². The van der Waals surface area contributed by atoms with E-state index in [0.29, 0.717) is 12.0 Å². The fraction of sp³-hybridized carbons (Fsp3) is 0.562. The van der Waals surface area contributed by atoms with Gasteiger partial charge in [0.2, 0.25) is 0 Å². The molecule has 3 nitrogen and oxygen atoms in total. The lowest BCUT2D eigenvalue weighted by Crippen LogP contribution is -2.35. The van der Waals surface area contributed by atoms with Crippen LogP contribution < -0.4 is 11.1 Å². The van der Waals surface area contributed by atoms with Crippen molar-refractivity contribution >= 4 is 5.91 Å². The Morgan fingerprint density at radius 3 is 2.89 bits per heavy atom. The molecule has 1 aliphatic rings. The molecule has 1 saturated carbocycles. The highest BCUT2D eigenvalue weighted by Gasteiger charge is 2.20. The highest BCUT2D eigenvalue weighted by atomic mass is 16.1. The third-order valence-electron chi connectivity index (χ3n) is 4.01. The molecule has 1 amide bonds. The van der Waals surface area contributed by atoms with Gasteiger partial charge in [-0.1, -0.05) is 24.1 Å². The van der Waals surface area contributed by atoms with Crippen molar-refractivity contribution in [1.82, 2.24) is 5.32 Å². The van der Waals surface area contributed by atoms with Crippen LogP contribution in [0.15, 0.2) is 18.2 Å². The molecule has 1 fully saturated rings. The molecular formula is C16H24N2O. The molecule has 0 heterocycles. The fourth-order valence-electron chi connectivity index (χ4n) is 2.83. The van der Waals surface area contributed by atoms with Gasteiger partial charge in [0.15, 0.2) is 0 Å². The van der Waals surface area contributed by atoms with Crippen molar-refractivity contribution in [2.45, 2.75) is 45.6 Å². The summed E-state index contributed by atoms with van der Waals surface area (Å²) < 4.78 is 0. The first-order valence-corrected chi connectivity index (χ1v) is 7.17. The average Bonchev–Trinajstić information content (AvgIpc) is 2.39. The molecule has 104 valence electrons. The molecule has 19 heavy (non-hydrogen) atoms. The maximum absolute atomic E-state index is 12.2. The zero-order chi connectivity index (χ0) is 13.8. The molecule has 3 N–H and O–H groups in total. The molecule has 1 aliphatic carbocycles. The van der Waals surface area contributed by atoms with Crippen molar-refractivity contribution in [3.63, 3.8) is 0 Å². The van der Waals surface area contributed by atoms with Gasteiger partial charge in [-0.2, -0.15) is 0 Å². The van der Waals surface area contributed by atoms with Gasteiger partial charge >= 0.3 is 0 Å². The number of aryl methyl sites for hydroxylation is 2. The Morgan fingerprint density at radius 2 is 2.16 bits per heavy atom. The minimum atomic E-state index is 0.0420. The third kappa shape index (κ3) is 3.80. The van der Waals surface area contributed by atoms with Crippen LogP contribution in [0, 0.1) is 19.8 Å². The summed E-state index contributed by atoms with van der Waals surface area (Å²) in [6.45, 7) is 4.74. The lowest BCUT2D eigenvalue weighted by atomic mass is 9.86. The van der Waals surface area contributed by atoms with Gasteiger partial charge in [0.1, 0.15) is 0 Å². The first-order valence-electron chi connectivity index (χ1n) is 7.17. The first kappa shape index (κ1) is 14.1. The van der Waals surface area contributed by atoms with Crippen LogP contribution >= 0.6 is 0 Å². The molecule has 1 aromatic rings. The molecule has 0 aliphatic heterocycles. The van der Waals surface area contributed by atoms with E-state index in [2.05, 4.69) is 5.32 Å². The molecule has 0 bridgehead atoms. The molecule has 0 saturated heterocycles. The Kier molecular flexibility index (Phi) is 4.59. The summed E-state index contributed by atoms with van der Waals surface area (Å²) in [7, 11) is 0. The Labute approximate surface area is 115 Å². The van der Waals surface area contributed by atoms with E-state index in [1.165, 1.54) is 12.8 Å². The Hall–Kier alpha value is -1.35. The van der Waals surface area contributed by atoms with E-state index < -0.39 is 0 Å². The van der Waals surface area contributed by atoms with E-state index in [1.54, 1.807) is 0 Å². The third-order valence-corrected chi connectivity index (χ3v) is 4.01. The van der Waals surface area contributed by atoms with Crippen molar-refractivity contribution in [2.75, 3.05) is 6.54 Å². The van der Waals surface area contributed by atoms with Crippen LogP contribution in [0.4, 0.5) is 0 Å². The Bertz CT molecular complexity index is 456. The standard InChI is InChI=1S/C16H24N2O/c1-11-6-7-12(2)15(8-11)16(19)18-10-13-4-3-5-14(17)9-13/h6-8,13-14H,3-5,9-10,17H2,1-2H3,(H,18,19). The van der Waals surface area contributed by atoms with Crippen LogP contribution in [-0.2, 0) is 0 Å². The van der Waals surface area contributed by atoms with Crippen LogP contribution in [0.3, 0.4) is 0 Å². The van der Waals surface area contributed by atoms with Gasteiger partial charge in [0.25, 0.3) is 5.91 Å². The summed E-state index contributed by atoms with van der Waals surface area (Å²) >= 11 is 0. The molecule has 2 atom stereocenters. The van der Waals surface area contributed by atoms with Gasteiger partial charge in [0.05, 0.1) is 0 Å². The van der Waals surface area contributed by atoms with E-state index in [-0.39, 0.29) is 5.91 Å². The van der Waals surface area contributed by atoms with Crippen LogP contribution in [0.5, 0.6) is 0 Å². The summed E-state index contributed by atoms with van der Waals surface area (Å²) in [5, 5.41) is 3.06. The second kappa shape index (κ2) is 6.20. The molecule has 0 aromatic heterocycles. The monoisotopic (exact) mass is 260 g/mol. The second-order valence-corrected chi connectivity index (χ2v) is 5.82. The number of nitrogens with two attached hydrogens (primary N) is 1. The predicted molar refractivity (Wildman–Crippen MR) is 78.2 cm³/mol. The van der Waals surface area contributed by atoms with E-state index in [9.17, 15) is 4.79 Å². The summed E-state index contributed by atoms with van der Waals surface area (Å²) in [6.07, 6.45) is 4.53. The summed E-state index contributed by atoms with van der Waals surface area (Å²) in [5.74, 6) is 0.582. The van der Waals surface area contributed by atoms with Gasteiger partial charge in [-0.3, -0.25) is 4.79 Å². The summed E-state index contributed by atoms with van der Waals surface area (Å²) in [5.41, 5.74) is 8.92. The van der Waals surface area contributed by atoms with Gasteiger partial charge in [0, 0.05) is 18.2 Å². The second-order valence-electron chi connectivity index (χ2n) is 5.82. The lowest BCUT2D eigenvalue weighted by Gasteiger charge is -2.26. The molecule has 2 unspecified atom stereocenters. The normalized spacial score (nSPS) is 23.1. The minimum absolute atomic E-state index is 0.0420. The maximum Gasteiger partial charge on any atom is 0.251 e. The Balaban J connectivity index is 1.92. The lowest BCUT2D eigenvalue weighted by molar-refractivity contribution is 0.0941. The van der Waals surface area contributed by atoms with Crippen LogP contribution in [0.25, 0.3) is 0 Å². The average molecular weight is 260 g/mol. The molecule has 3 heteroatoms. The van der Waals surface area contributed by atoms with Crippen molar-refractivity contribution in [3.8, 4) is 0 Å². The van der Waals surface area contributed by atoms with Crippen molar-refractivity contribution in [3.05, 3.63) is 34.9 Å².